The Morgan fingerprint density at radius 1 is 1.00 bits per heavy atom. The Balaban J connectivity index is 1.51. The fourth-order valence-electron chi connectivity index (χ4n) is 3.87. The van der Waals surface area contributed by atoms with Crippen LogP contribution in [0.4, 0.5) is 0 Å². The molecule has 0 aliphatic rings. The monoisotopic (exact) mass is 607 g/mol. The number of nitrogens with zero attached hydrogens (tertiary/aromatic N) is 3. The first-order chi connectivity index (χ1) is 18.4. The first-order valence-corrected chi connectivity index (χ1v) is 13.1. The van der Waals surface area contributed by atoms with E-state index in [0.717, 1.165) is 11.1 Å². The van der Waals surface area contributed by atoms with Gasteiger partial charge in [0.05, 0.1) is 28.7 Å². The predicted molar refractivity (Wildman–Crippen MR) is 156 cm³/mol. The molecule has 5 rings (SSSR count). The van der Waals surface area contributed by atoms with Crippen LogP contribution in [-0.2, 0) is 6.61 Å². The number of hydrogen-bond acceptors (Lipinski definition) is 5. The van der Waals surface area contributed by atoms with E-state index in [2.05, 4.69) is 21.0 Å². The number of ether oxygens (including phenoxy) is 2. The largest absolute Gasteiger partial charge is 0.493 e. The number of methoxy groups -OCH3 is 1. The van der Waals surface area contributed by atoms with Crippen LogP contribution in [-0.4, -0.2) is 23.0 Å². The van der Waals surface area contributed by atoms with Crippen molar-refractivity contribution in [1.82, 2.24) is 9.66 Å². The van der Waals surface area contributed by atoms with Gasteiger partial charge in [-0.1, -0.05) is 71.7 Å². The molecule has 38 heavy (non-hydrogen) atoms. The zero-order valence-corrected chi connectivity index (χ0v) is 23.2. The third-order valence-electron chi connectivity index (χ3n) is 5.75. The fraction of sp³-hybridized carbons (Fsp3) is 0.0690. The molecule has 6 nitrogen and oxygen atoms in total. The summed E-state index contributed by atoms with van der Waals surface area (Å²) >= 11 is 15.8. The van der Waals surface area contributed by atoms with Crippen molar-refractivity contribution in [2.24, 2.45) is 5.10 Å². The predicted octanol–water partition coefficient (Wildman–Crippen LogP) is 7.60. The smallest absolute Gasteiger partial charge is 0.282 e. The van der Waals surface area contributed by atoms with Gasteiger partial charge in [-0.15, -0.1) is 0 Å². The number of para-hydroxylation sites is 1. The van der Waals surface area contributed by atoms with Gasteiger partial charge in [0.15, 0.2) is 17.3 Å². The summed E-state index contributed by atoms with van der Waals surface area (Å²) in [5.74, 6) is 1.43. The molecule has 0 unspecified atom stereocenters. The maximum Gasteiger partial charge on any atom is 0.282 e. The Morgan fingerprint density at radius 3 is 2.53 bits per heavy atom. The second kappa shape index (κ2) is 11.4. The molecule has 1 aromatic heterocycles. The van der Waals surface area contributed by atoms with Gasteiger partial charge in [-0.3, -0.25) is 4.79 Å². The van der Waals surface area contributed by atoms with Crippen LogP contribution < -0.4 is 15.0 Å². The van der Waals surface area contributed by atoms with Crippen molar-refractivity contribution >= 4 is 56.2 Å². The van der Waals surface area contributed by atoms with Crippen molar-refractivity contribution in [3.63, 3.8) is 0 Å². The maximum atomic E-state index is 13.4. The van der Waals surface area contributed by atoms with Crippen LogP contribution in [0.3, 0.4) is 0 Å². The Hall–Kier alpha value is -3.65. The second-order valence-electron chi connectivity index (χ2n) is 8.24. The third-order valence-corrected chi connectivity index (χ3v) is 6.92. The van der Waals surface area contributed by atoms with E-state index in [1.165, 1.54) is 4.68 Å². The van der Waals surface area contributed by atoms with Crippen LogP contribution in [0.15, 0.2) is 99.3 Å². The van der Waals surface area contributed by atoms with E-state index in [1.54, 1.807) is 43.7 Å². The number of halogens is 3. The molecule has 9 heteroatoms. The number of rotatable bonds is 7. The summed E-state index contributed by atoms with van der Waals surface area (Å²) in [7, 11) is 1.55. The van der Waals surface area contributed by atoms with Crippen molar-refractivity contribution in [2.75, 3.05) is 7.11 Å². The van der Waals surface area contributed by atoms with E-state index in [9.17, 15) is 4.79 Å². The topological polar surface area (TPSA) is 65.7 Å². The van der Waals surface area contributed by atoms with Crippen molar-refractivity contribution in [3.8, 4) is 22.9 Å². The van der Waals surface area contributed by atoms with E-state index in [4.69, 9.17) is 37.7 Å². The standard InChI is InChI=1S/C29H20BrCl2N3O3/c1-37-26-14-18(13-23(30)27(26)38-17-20-11-12-21(31)15-24(20)32)16-33-35-28(19-7-3-2-4-8-19)34-25-10-6-5-9-22(25)29(35)36/h2-16H,17H2,1H3. The molecule has 0 radical (unpaired) electrons. The lowest BCUT2D eigenvalue weighted by atomic mass is 10.2. The average Bonchev–Trinajstić information content (AvgIpc) is 2.93. The van der Waals surface area contributed by atoms with Gasteiger partial charge < -0.3 is 9.47 Å². The van der Waals surface area contributed by atoms with Gasteiger partial charge in [-0.25, -0.2) is 4.98 Å². The van der Waals surface area contributed by atoms with E-state index < -0.39 is 0 Å². The molecule has 0 N–H and O–H groups in total. The second-order valence-corrected chi connectivity index (χ2v) is 9.94. The summed E-state index contributed by atoms with van der Waals surface area (Å²) < 4.78 is 13.6. The Kier molecular flexibility index (Phi) is 7.79. The van der Waals surface area contributed by atoms with Crippen molar-refractivity contribution in [3.05, 3.63) is 121 Å². The molecule has 0 saturated heterocycles. The molecular formula is C29H20BrCl2N3O3. The van der Waals surface area contributed by atoms with Gasteiger partial charge in [0.1, 0.15) is 6.61 Å². The summed E-state index contributed by atoms with van der Waals surface area (Å²) in [6, 6.07) is 25.5. The summed E-state index contributed by atoms with van der Waals surface area (Å²) in [5.41, 5.74) is 2.58. The number of benzene rings is 4. The molecule has 0 saturated carbocycles. The molecule has 0 spiro atoms. The minimum Gasteiger partial charge on any atom is -0.493 e. The highest BCUT2D eigenvalue weighted by Gasteiger charge is 2.15. The van der Waals surface area contributed by atoms with Crippen molar-refractivity contribution in [1.29, 1.82) is 0 Å². The molecule has 1 heterocycles. The van der Waals surface area contributed by atoms with Gasteiger partial charge >= 0.3 is 0 Å². The van der Waals surface area contributed by atoms with Crippen LogP contribution >= 0.6 is 39.1 Å². The highest BCUT2D eigenvalue weighted by atomic mass is 79.9. The highest BCUT2D eigenvalue weighted by molar-refractivity contribution is 9.10. The zero-order valence-electron chi connectivity index (χ0n) is 20.1. The quantitative estimate of drug-likeness (QED) is 0.178. The Labute approximate surface area is 237 Å². The fourth-order valence-corrected chi connectivity index (χ4v) is 4.91. The minimum absolute atomic E-state index is 0.219. The first kappa shape index (κ1) is 26.0. The zero-order chi connectivity index (χ0) is 26.6. The van der Waals surface area contributed by atoms with Crippen LogP contribution in [0, 0.1) is 0 Å². The van der Waals surface area contributed by atoms with E-state index >= 15 is 0 Å². The number of fused-ring (bicyclic) bond motifs is 1. The van der Waals surface area contributed by atoms with Gasteiger partial charge in [-0.05, 0) is 57.9 Å². The molecule has 190 valence electrons. The minimum atomic E-state index is -0.267. The maximum absolute atomic E-state index is 13.4. The molecule has 0 fully saturated rings. The average molecular weight is 609 g/mol. The Bertz CT molecular complexity index is 1720. The van der Waals surface area contributed by atoms with Crippen LogP contribution in [0.5, 0.6) is 11.5 Å². The molecule has 0 aliphatic heterocycles. The van der Waals surface area contributed by atoms with Crippen LogP contribution in [0.2, 0.25) is 10.0 Å². The number of hydrogen-bond donors (Lipinski definition) is 0. The normalized spacial score (nSPS) is 11.3. The van der Waals surface area contributed by atoms with Gasteiger partial charge in [-0.2, -0.15) is 9.78 Å². The van der Waals surface area contributed by atoms with E-state index in [1.807, 2.05) is 54.6 Å². The van der Waals surface area contributed by atoms with Gasteiger partial charge in [0.2, 0.25) is 0 Å². The van der Waals surface area contributed by atoms with Crippen LogP contribution in [0.25, 0.3) is 22.3 Å². The lowest BCUT2D eigenvalue weighted by molar-refractivity contribution is 0.282. The summed E-state index contributed by atoms with van der Waals surface area (Å²) in [6.07, 6.45) is 1.58. The molecule has 4 aromatic carbocycles. The molecule has 5 aromatic rings. The van der Waals surface area contributed by atoms with E-state index in [0.29, 0.717) is 48.3 Å². The number of aromatic nitrogens is 2. The summed E-state index contributed by atoms with van der Waals surface area (Å²) in [6.45, 7) is 0.219. The lowest BCUT2D eigenvalue weighted by Gasteiger charge is -2.14. The van der Waals surface area contributed by atoms with Crippen LogP contribution in [0.1, 0.15) is 11.1 Å². The van der Waals surface area contributed by atoms with Gasteiger partial charge in [0, 0.05) is 21.2 Å². The van der Waals surface area contributed by atoms with Crippen molar-refractivity contribution < 1.29 is 9.47 Å². The first-order valence-electron chi connectivity index (χ1n) is 11.5. The molecule has 0 atom stereocenters. The SMILES string of the molecule is COc1cc(C=Nn2c(-c3ccccc3)nc3ccccc3c2=O)cc(Br)c1OCc1ccc(Cl)cc1Cl. The summed E-state index contributed by atoms with van der Waals surface area (Å²) in [5, 5.41) is 6.08. The molecule has 0 amide bonds. The third kappa shape index (κ3) is 5.45. The lowest BCUT2D eigenvalue weighted by Crippen LogP contribution is -2.20. The van der Waals surface area contributed by atoms with E-state index in [-0.39, 0.29) is 12.2 Å². The highest BCUT2D eigenvalue weighted by Crippen LogP contribution is 2.37. The molecule has 0 aliphatic carbocycles. The van der Waals surface area contributed by atoms with Gasteiger partial charge in [0.25, 0.3) is 5.56 Å². The Morgan fingerprint density at radius 2 is 1.76 bits per heavy atom. The molecule has 0 bridgehead atoms. The summed E-state index contributed by atoms with van der Waals surface area (Å²) in [4.78, 5) is 18.1. The molecular weight excluding hydrogens is 589 g/mol. The van der Waals surface area contributed by atoms with Crippen molar-refractivity contribution in [2.45, 2.75) is 6.61 Å².